The van der Waals surface area contributed by atoms with Crippen LogP contribution in [0.1, 0.15) is 0 Å². The monoisotopic (exact) mass is 610 g/mol. The Balaban J connectivity index is 1.27. The summed E-state index contributed by atoms with van der Waals surface area (Å²) in [5, 5.41) is 14.2. The molecule has 0 saturated heterocycles. The van der Waals surface area contributed by atoms with Gasteiger partial charge in [-0.3, -0.25) is 0 Å². The molecule has 222 valence electrons. The van der Waals surface area contributed by atoms with Gasteiger partial charge in [-0.15, -0.1) is 0 Å². The Bertz CT molecular complexity index is 3050. The van der Waals surface area contributed by atoms with Crippen LogP contribution < -0.4 is 0 Å². The van der Waals surface area contributed by atoms with Crippen LogP contribution in [0.15, 0.2) is 167 Å². The Morgan fingerprint density at radius 2 is 0.812 bits per heavy atom. The molecule has 9 aromatic carbocycles. The highest BCUT2D eigenvalue weighted by Crippen LogP contribution is 2.48. The zero-order valence-electron chi connectivity index (χ0n) is 25.8. The summed E-state index contributed by atoms with van der Waals surface area (Å²) in [5.74, 6) is 0. The normalized spacial score (nSPS) is 12.2. The smallest absolute Gasteiger partial charge is 0.139 e. The van der Waals surface area contributed by atoms with Crippen LogP contribution in [0.4, 0.5) is 0 Å². The average Bonchev–Trinajstić information content (AvgIpc) is 3.70. The predicted molar refractivity (Wildman–Crippen MR) is 202 cm³/mol. The van der Waals surface area contributed by atoms with Crippen LogP contribution >= 0.6 is 0 Å². The topological polar surface area (TPSA) is 26.3 Å². The molecule has 2 heterocycles. The van der Waals surface area contributed by atoms with Crippen LogP contribution in [-0.2, 0) is 0 Å². The van der Waals surface area contributed by atoms with Crippen LogP contribution in [-0.4, -0.2) is 0 Å². The van der Waals surface area contributed by atoms with Crippen LogP contribution in [0.3, 0.4) is 0 Å². The Labute approximate surface area is 275 Å². The van der Waals surface area contributed by atoms with Crippen LogP contribution in [0.2, 0.25) is 0 Å². The van der Waals surface area contributed by atoms with Crippen molar-refractivity contribution in [1.82, 2.24) is 0 Å². The summed E-state index contributed by atoms with van der Waals surface area (Å²) >= 11 is 0. The number of benzene rings is 9. The number of furan rings is 2. The summed E-state index contributed by atoms with van der Waals surface area (Å²) in [6, 6.07) is 56.6. The van der Waals surface area contributed by atoms with Gasteiger partial charge in [-0.25, -0.2) is 0 Å². The highest BCUT2D eigenvalue weighted by atomic mass is 16.3. The van der Waals surface area contributed by atoms with Crippen LogP contribution in [0.5, 0.6) is 0 Å². The lowest BCUT2D eigenvalue weighted by Gasteiger charge is -2.19. The lowest BCUT2D eigenvalue weighted by molar-refractivity contribution is 0.656. The Morgan fingerprint density at radius 3 is 1.50 bits per heavy atom. The second-order valence-electron chi connectivity index (χ2n) is 12.8. The standard InChI is InChI=1S/C46H26O2/c1-2-13-28(14-3-1)43-32-18-8-10-20-34(32)44(35-21-11-9-19-33(35)43)36-25-42-46(31-17-7-6-16-30(31)36)38-24-37-40(26-41(38)48-42)47-39-23-22-27-12-4-5-15-29(27)45(37)39/h1-26H. The molecule has 0 amide bonds. The van der Waals surface area contributed by atoms with Gasteiger partial charge in [-0.2, -0.15) is 0 Å². The summed E-state index contributed by atoms with van der Waals surface area (Å²) < 4.78 is 13.2. The van der Waals surface area contributed by atoms with Crippen LogP contribution in [0, 0.1) is 0 Å². The van der Waals surface area contributed by atoms with Crippen molar-refractivity contribution in [3.05, 3.63) is 158 Å². The van der Waals surface area contributed by atoms with Gasteiger partial charge in [0.25, 0.3) is 0 Å². The van der Waals surface area contributed by atoms with Crippen molar-refractivity contribution >= 4 is 87.0 Å². The predicted octanol–water partition coefficient (Wildman–Crippen LogP) is 13.4. The molecular weight excluding hydrogens is 585 g/mol. The summed E-state index contributed by atoms with van der Waals surface area (Å²) in [6.45, 7) is 0. The molecule has 0 radical (unpaired) electrons. The summed E-state index contributed by atoms with van der Waals surface area (Å²) in [6.07, 6.45) is 0. The van der Waals surface area contributed by atoms with E-state index in [0.29, 0.717) is 0 Å². The van der Waals surface area contributed by atoms with E-state index in [1.165, 1.54) is 65.3 Å². The van der Waals surface area contributed by atoms with Crippen molar-refractivity contribution < 1.29 is 8.83 Å². The Kier molecular flexibility index (Phi) is 5.14. The molecule has 0 bridgehead atoms. The molecule has 0 saturated carbocycles. The molecule has 0 aliphatic carbocycles. The summed E-state index contributed by atoms with van der Waals surface area (Å²) in [5.41, 5.74) is 8.32. The first-order chi connectivity index (χ1) is 23.8. The van der Waals surface area contributed by atoms with Crippen molar-refractivity contribution in [1.29, 1.82) is 0 Å². The van der Waals surface area contributed by atoms with Gasteiger partial charge in [-0.05, 0) is 83.5 Å². The van der Waals surface area contributed by atoms with Gasteiger partial charge < -0.3 is 8.83 Å². The number of rotatable bonds is 2. The highest BCUT2D eigenvalue weighted by molar-refractivity contribution is 6.29. The van der Waals surface area contributed by atoms with E-state index < -0.39 is 0 Å². The van der Waals surface area contributed by atoms with E-state index in [1.54, 1.807) is 0 Å². The van der Waals surface area contributed by atoms with Crippen molar-refractivity contribution in [3.8, 4) is 22.3 Å². The highest BCUT2D eigenvalue weighted by Gasteiger charge is 2.22. The van der Waals surface area contributed by atoms with E-state index in [9.17, 15) is 0 Å². The van der Waals surface area contributed by atoms with Gasteiger partial charge in [0.1, 0.15) is 22.3 Å². The van der Waals surface area contributed by atoms with Crippen LogP contribution in [0.25, 0.3) is 109 Å². The zero-order valence-corrected chi connectivity index (χ0v) is 25.8. The fourth-order valence-corrected chi connectivity index (χ4v) is 8.22. The van der Waals surface area contributed by atoms with Gasteiger partial charge in [0.15, 0.2) is 0 Å². The Hall–Kier alpha value is -6.38. The second-order valence-corrected chi connectivity index (χ2v) is 12.8. The summed E-state index contributed by atoms with van der Waals surface area (Å²) in [7, 11) is 0. The van der Waals surface area contributed by atoms with Crippen molar-refractivity contribution in [3.63, 3.8) is 0 Å². The van der Waals surface area contributed by atoms with Gasteiger partial charge in [-0.1, -0.05) is 133 Å². The first-order valence-corrected chi connectivity index (χ1v) is 16.4. The average molecular weight is 611 g/mol. The maximum Gasteiger partial charge on any atom is 0.139 e. The molecular formula is C46H26O2. The summed E-state index contributed by atoms with van der Waals surface area (Å²) in [4.78, 5) is 0. The molecule has 48 heavy (non-hydrogen) atoms. The molecule has 0 N–H and O–H groups in total. The van der Waals surface area contributed by atoms with Gasteiger partial charge in [0.2, 0.25) is 0 Å². The molecule has 0 aliphatic heterocycles. The van der Waals surface area contributed by atoms with Crippen molar-refractivity contribution in [2.75, 3.05) is 0 Å². The second kappa shape index (κ2) is 9.57. The van der Waals surface area contributed by atoms with E-state index in [0.717, 1.165) is 43.9 Å². The third-order valence-corrected chi connectivity index (χ3v) is 10.2. The third-order valence-electron chi connectivity index (χ3n) is 10.2. The molecule has 11 aromatic rings. The molecule has 0 atom stereocenters. The fourth-order valence-electron chi connectivity index (χ4n) is 8.22. The van der Waals surface area contributed by atoms with E-state index in [2.05, 4.69) is 158 Å². The first-order valence-electron chi connectivity index (χ1n) is 16.4. The lowest BCUT2D eigenvalue weighted by atomic mass is 9.84. The molecule has 2 heteroatoms. The molecule has 0 unspecified atom stereocenters. The molecule has 2 aromatic heterocycles. The van der Waals surface area contributed by atoms with Crippen molar-refractivity contribution in [2.45, 2.75) is 0 Å². The maximum absolute atomic E-state index is 6.77. The number of hydrogen-bond acceptors (Lipinski definition) is 2. The minimum Gasteiger partial charge on any atom is -0.456 e. The van der Waals surface area contributed by atoms with Gasteiger partial charge in [0, 0.05) is 27.6 Å². The molecule has 11 rings (SSSR count). The molecule has 0 fully saturated rings. The fraction of sp³-hybridized carbons (Fsp3) is 0. The largest absolute Gasteiger partial charge is 0.456 e. The van der Waals surface area contributed by atoms with E-state index in [1.807, 2.05) is 0 Å². The number of hydrogen-bond donors (Lipinski definition) is 0. The molecule has 0 spiro atoms. The SMILES string of the molecule is c1ccc(-c2c3ccccc3c(-c3cc4oc5cc6oc7ccc8ccccc8c7c6cc5c4c4ccccc34)c3ccccc23)cc1. The van der Waals surface area contributed by atoms with Crippen molar-refractivity contribution in [2.24, 2.45) is 0 Å². The minimum absolute atomic E-state index is 0.831. The molecule has 0 aliphatic rings. The maximum atomic E-state index is 6.77. The van der Waals surface area contributed by atoms with Gasteiger partial charge in [0.05, 0.1) is 0 Å². The zero-order chi connectivity index (χ0) is 31.3. The molecule has 2 nitrogen and oxygen atoms in total. The van der Waals surface area contributed by atoms with E-state index in [4.69, 9.17) is 8.83 Å². The quantitative estimate of drug-likeness (QED) is 0.182. The lowest BCUT2D eigenvalue weighted by Crippen LogP contribution is -1.91. The number of fused-ring (bicyclic) bond motifs is 12. The third kappa shape index (κ3) is 3.46. The minimum atomic E-state index is 0.831. The first kappa shape index (κ1) is 25.8. The van der Waals surface area contributed by atoms with Gasteiger partial charge >= 0.3 is 0 Å². The Morgan fingerprint density at radius 1 is 0.292 bits per heavy atom. The van der Waals surface area contributed by atoms with E-state index in [-0.39, 0.29) is 0 Å². The van der Waals surface area contributed by atoms with E-state index >= 15 is 0 Å².